The zero-order valence-corrected chi connectivity index (χ0v) is 13.8. The highest BCUT2D eigenvalue weighted by Gasteiger charge is 2.33. The van der Waals surface area contributed by atoms with Crippen molar-refractivity contribution in [2.24, 2.45) is 0 Å². The van der Waals surface area contributed by atoms with Crippen molar-refractivity contribution >= 4 is 35.2 Å². The molecule has 0 bridgehead atoms. The van der Waals surface area contributed by atoms with E-state index in [1.807, 2.05) is 20.8 Å². The van der Waals surface area contributed by atoms with Gasteiger partial charge in [0, 0.05) is 6.04 Å². The van der Waals surface area contributed by atoms with Gasteiger partial charge in [-0.1, -0.05) is 12.8 Å². The second-order valence-electron chi connectivity index (χ2n) is 5.96. The van der Waals surface area contributed by atoms with Crippen LogP contribution in [0, 0.1) is 0 Å². The number of anilines is 1. The summed E-state index contributed by atoms with van der Waals surface area (Å²) in [6.07, 6.45) is 3.36. The van der Waals surface area contributed by atoms with Crippen LogP contribution < -0.4 is 4.90 Å². The standard InChI is InChI=1S/C13H18Cl2N4O2/c1-13(2,3)21-12(20)19(8-6-4-5-7-8)11-17-9(14)16-10(15)18-11/h8H,4-7H2,1-3H3. The van der Waals surface area contributed by atoms with Crippen LogP contribution in [0.15, 0.2) is 0 Å². The van der Waals surface area contributed by atoms with E-state index in [1.165, 1.54) is 4.90 Å². The molecule has 1 aliphatic carbocycles. The quantitative estimate of drug-likeness (QED) is 0.822. The Morgan fingerprint density at radius 1 is 1.14 bits per heavy atom. The van der Waals surface area contributed by atoms with Gasteiger partial charge in [0.25, 0.3) is 0 Å². The fourth-order valence-electron chi connectivity index (χ4n) is 2.29. The topological polar surface area (TPSA) is 68.2 Å². The fraction of sp³-hybridized carbons (Fsp3) is 0.692. The molecule has 0 aromatic carbocycles. The molecule has 0 radical (unpaired) electrons. The summed E-state index contributed by atoms with van der Waals surface area (Å²) in [6, 6.07) is -0.00520. The van der Waals surface area contributed by atoms with Crippen LogP contribution in [0.1, 0.15) is 46.5 Å². The summed E-state index contributed by atoms with van der Waals surface area (Å²) in [4.78, 5) is 25.7. The number of rotatable bonds is 2. The molecular formula is C13H18Cl2N4O2. The lowest BCUT2D eigenvalue weighted by Crippen LogP contribution is -2.43. The SMILES string of the molecule is CC(C)(C)OC(=O)N(c1nc(Cl)nc(Cl)n1)C1CCCC1. The summed E-state index contributed by atoms with van der Waals surface area (Å²) in [5, 5.41) is -0.0897. The monoisotopic (exact) mass is 332 g/mol. The third kappa shape index (κ3) is 4.41. The van der Waals surface area contributed by atoms with Crippen LogP contribution in [-0.4, -0.2) is 32.7 Å². The molecule has 1 fully saturated rings. The Morgan fingerprint density at radius 3 is 2.14 bits per heavy atom. The van der Waals surface area contributed by atoms with E-state index in [4.69, 9.17) is 27.9 Å². The molecule has 1 aliphatic rings. The van der Waals surface area contributed by atoms with Crippen LogP contribution >= 0.6 is 23.2 Å². The Balaban J connectivity index is 2.33. The molecule has 0 N–H and O–H groups in total. The van der Waals surface area contributed by atoms with Crippen LogP contribution in [0.4, 0.5) is 10.7 Å². The first-order valence-electron chi connectivity index (χ1n) is 6.85. The summed E-state index contributed by atoms with van der Waals surface area (Å²) < 4.78 is 5.45. The lowest BCUT2D eigenvalue weighted by atomic mass is 10.2. The van der Waals surface area contributed by atoms with E-state index in [1.54, 1.807) is 0 Å². The van der Waals surface area contributed by atoms with E-state index in [0.717, 1.165) is 25.7 Å². The van der Waals surface area contributed by atoms with Crippen LogP contribution in [0.2, 0.25) is 10.6 Å². The third-order valence-electron chi connectivity index (χ3n) is 3.06. The average molecular weight is 333 g/mol. The van der Waals surface area contributed by atoms with Gasteiger partial charge in [0.2, 0.25) is 16.5 Å². The minimum Gasteiger partial charge on any atom is -0.443 e. The lowest BCUT2D eigenvalue weighted by molar-refractivity contribution is 0.0563. The molecule has 8 heteroatoms. The number of ether oxygens (including phenoxy) is 1. The maximum absolute atomic E-state index is 12.5. The summed E-state index contributed by atoms with van der Waals surface area (Å²) in [5.41, 5.74) is -0.603. The number of amides is 1. The molecule has 0 atom stereocenters. The first-order valence-corrected chi connectivity index (χ1v) is 7.61. The number of carbonyl (C=O) groups is 1. The van der Waals surface area contributed by atoms with Crippen LogP contribution in [-0.2, 0) is 4.74 Å². The molecule has 0 saturated heterocycles. The van der Waals surface area contributed by atoms with Gasteiger partial charge in [-0.2, -0.15) is 15.0 Å². The smallest absolute Gasteiger partial charge is 0.417 e. The summed E-state index contributed by atoms with van der Waals surface area (Å²) in [7, 11) is 0. The second-order valence-corrected chi connectivity index (χ2v) is 6.64. The third-order valence-corrected chi connectivity index (χ3v) is 3.40. The van der Waals surface area contributed by atoms with Gasteiger partial charge < -0.3 is 4.74 Å². The molecular weight excluding hydrogens is 315 g/mol. The van der Waals surface area contributed by atoms with Gasteiger partial charge in [0.1, 0.15) is 5.60 Å². The number of halogens is 2. The van der Waals surface area contributed by atoms with Crippen LogP contribution in [0.3, 0.4) is 0 Å². The summed E-state index contributed by atoms with van der Waals surface area (Å²) in [5.74, 6) is 0.140. The Hall–Kier alpha value is -1.14. The van der Waals surface area contributed by atoms with Gasteiger partial charge in [-0.25, -0.2) is 9.69 Å². The normalized spacial score (nSPS) is 16.0. The predicted octanol–water partition coefficient (Wildman–Crippen LogP) is 3.86. The van der Waals surface area contributed by atoms with Crippen molar-refractivity contribution in [1.82, 2.24) is 15.0 Å². The van der Waals surface area contributed by atoms with E-state index in [-0.39, 0.29) is 22.6 Å². The first kappa shape index (κ1) is 16.2. The van der Waals surface area contributed by atoms with Crippen molar-refractivity contribution in [3.63, 3.8) is 0 Å². The molecule has 0 spiro atoms. The molecule has 6 nitrogen and oxygen atoms in total. The van der Waals surface area contributed by atoms with E-state index in [2.05, 4.69) is 15.0 Å². The molecule has 1 saturated carbocycles. The highest BCUT2D eigenvalue weighted by atomic mass is 35.5. The van der Waals surface area contributed by atoms with Gasteiger partial charge in [0.15, 0.2) is 0 Å². The molecule has 21 heavy (non-hydrogen) atoms. The van der Waals surface area contributed by atoms with Crippen molar-refractivity contribution in [1.29, 1.82) is 0 Å². The molecule has 1 aromatic rings. The number of carbonyl (C=O) groups excluding carboxylic acids is 1. The summed E-state index contributed by atoms with van der Waals surface area (Å²) in [6.45, 7) is 5.43. The maximum Gasteiger partial charge on any atom is 0.417 e. The van der Waals surface area contributed by atoms with Gasteiger partial charge >= 0.3 is 6.09 Å². The minimum atomic E-state index is -0.603. The molecule has 1 aromatic heterocycles. The van der Waals surface area contributed by atoms with Gasteiger partial charge in [-0.05, 0) is 56.8 Å². The van der Waals surface area contributed by atoms with Crippen molar-refractivity contribution in [2.75, 3.05) is 4.90 Å². The fourth-order valence-corrected chi connectivity index (χ4v) is 2.65. The predicted molar refractivity (Wildman–Crippen MR) is 80.8 cm³/mol. The molecule has 2 rings (SSSR count). The molecule has 116 valence electrons. The minimum absolute atomic E-state index is 0.00520. The Kier molecular flexibility index (Phi) is 4.88. The van der Waals surface area contributed by atoms with Crippen LogP contribution in [0.5, 0.6) is 0 Å². The number of hydrogen-bond acceptors (Lipinski definition) is 5. The summed E-state index contributed by atoms with van der Waals surface area (Å²) >= 11 is 11.6. The number of nitrogens with zero attached hydrogens (tertiary/aromatic N) is 4. The van der Waals surface area contributed by atoms with Crippen molar-refractivity contribution in [3.05, 3.63) is 10.6 Å². The Morgan fingerprint density at radius 2 is 1.67 bits per heavy atom. The first-order chi connectivity index (χ1) is 9.76. The van der Waals surface area contributed by atoms with Gasteiger partial charge in [0.05, 0.1) is 0 Å². The largest absolute Gasteiger partial charge is 0.443 e. The van der Waals surface area contributed by atoms with Crippen molar-refractivity contribution in [2.45, 2.75) is 58.1 Å². The molecule has 0 aliphatic heterocycles. The van der Waals surface area contributed by atoms with E-state index >= 15 is 0 Å². The van der Waals surface area contributed by atoms with Gasteiger partial charge in [-0.3, -0.25) is 0 Å². The molecule has 1 heterocycles. The number of hydrogen-bond donors (Lipinski definition) is 0. The van der Waals surface area contributed by atoms with E-state index in [9.17, 15) is 4.79 Å². The number of aromatic nitrogens is 3. The van der Waals surface area contributed by atoms with Crippen molar-refractivity contribution < 1.29 is 9.53 Å². The highest BCUT2D eigenvalue weighted by Crippen LogP contribution is 2.28. The molecule has 1 amide bonds. The van der Waals surface area contributed by atoms with E-state index in [0.29, 0.717) is 0 Å². The Bertz CT molecular complexity index is 507. The van der Waals surface area contributed by atoms with E-state index < -0.39 is 11.7 Å². The Labute approximate surface area is 133 Å². The van der Waals surface area contributed by atoms with Gasteiger partial charge in [-0.15, -0.1) is 0 Å². The highest BCUT2D eigenvalue weighted by molar-refractivity contribution is 6.31. The lowest BCUT2D eigenvalue weighted by Gasteiger charge is -2.29. The van der Waals surface area contributed by atoms with Crippen molar-refractivity contribution in [3.8, 4) is 0 Å². The zero-order valence-electron chi connectivity index (χ0n) is 12.3. The maximum atomic E-state index is 12.5. The molecule has 0 unspecified atom stereocenters. The van der Waals surface area contributed by atoms with Crippen LogP contribution in [0.25, 0.3) is 0 Å². The average Bonchev–Trinajstić information content (AvgIpc) is 2.78. The second kappa shape index (κ2) is 6.32. The zero-order chi connectivity index (χ0) is 15.6.